The lowest BCUT2D eigenvalue weighted by molar-refractivity contribution is -0.138. The highest BCUT2D eigenvalue weighted by Gasteiger charge is 2.37. The van der Waals surface area contributed by atoms with Gasteiger partial charge in [0.2, 0.25) is 0 Å². The summed E-state index contributed by atoms with van der Waals surface area (Å²) in [5.74, 6) is 0. The molecule has 2 heterocycles. The third kappa shape index (κ3) is 2.06. The van der Waals surface area contributed by atoms with Gasteiger partial charge in [0.1, 0.15) is 6.10 Å². The van der Waals surface area contributed by atoms with E-state index in [9.17, 15) is 5.11 Å². The molecule has 4 heteroatoms. The Morgan fingerprint density at radius 3 is 2.93 bits per heavy atom. The maximum absolute atomic E-state index is 10.2. The Labute approximate surface area is 89.9 Å². The summed E-state index contributed by atoms with van der Waals surface area (Å²) in [6.45, 7) is 2.72. The summed E-state index contributed by atoms with van der Waals surface area (Å²) in [5, 5.41) is 14.3. The fraction of sp³-hybridized carbons (Fsp3) is 0.727. The van der Waals surface area contributed by atoms with E-state index < -0.39 is 11.7 Å². The first-order valence-electron chi connectivity index (χ1n) is 5.42. The Bertz CT molecular complexity index is 329. The van der Waals surface area contributed by atoms with Crippen molar-refractivity contribution < 1.29 is 9.84 Å². The van der Waals surface area contributed by atoms with Crippen LogP contribution in [-0.4, -0.2) is 27.1 Å². The highest BCUT2D eigenvalue weighted by atomic mass is 16.5. The number of hydrogen-bond acceptors (Lipinski definition) is 3. The van der Waals surface area contributed by atoms with E-state index in [1.165, 1.54) is 0 Å². The topological polar surface area (TPSA) is 47.3 Å². The Hall–Kier alpha value is -0.870. The molecule has 0 bridgehead atoms. The number of aliphatic hydroxyl groups is 1. The largest absolute Gasteiger partial charge is 0.385 e. The van der Waals surface area contributed by atoms with Crippen molar-refractivity contribution >= 4 is 0 Å². The van der Waals surface area contributed by atoms with E-state index >= 15 is 0 Å². The molecule has 2 rings (SSSR count). The molecule has 1 saturated heterocycles. The summed E-state index contributed by atoms with van der Waals surface area (Å²) in [5.41, 5.74) is 0.392. The van der Waals surface area contributed by atoms with Gasteiger partial charge in [0.05, 0.1) is 11.8 Å². The minimum Gasteiger partial charge on any atom is -0.385 e. The monoisotopic (exact) mass is 210 g/mol. The number of aliphatic hydroxyl groups excluding tert-OH is 1. The molecule has 0 spiro atoms. The van der Waals surface area contributed by atoms with Crippen LogP contribution in [0.4, 0.5) is 0 Å². The second kappa shape index (κ2) is 3.94. The lowest BCUT2D eigenvalue weighted by atomic mass is 9.87. The highest BCUT2D eigenvalue weighted by Crippen LogP contribution is 2.36. The van der Waals surface area contributed by atoms with Gasteiger partial charge in [-0.15, -0.1) is 0 Å². The summed E-state index contributed by atoms with van der Waals surface area (Å²) < 4.78 is 7.40. The molecule has 4 nitrogen and oxygen atoms in total. The van der Waals surface area contributed by atoms with Crippen LogP contribution in [0.25, 0.3) is 0 Å². The molecule has 0 radical (unpaired) electrons. The lowest BCUT2D eigenvalue weighted by Gasteiger charge is -2.37. The van der Waals surface area contributed by atoms with Crippen LogP contribution in [0.2, 0.25) is 0 Å². The minimum absolute atomic E-state index is 0.443. The van der Waals surface area contributed by atoms with Crippen molar-refractivity contribution in [3.05, 3.63) is 18.0 Å². The number of aryl methyl sites for hydroxylation is 1. The van der Waals surface area contributed by atoms with E-state index in [1.54, 1.807) is 10.9 Å². The van der Waals surface area contributed by atoms with Gasteiger partial charge < -0.3 is 9.84 Å². The number of ether oxygens (including phenoxy) is 1. The lowest BCUT2D eigenvalue weighted by Crippen LogP contribution is -2.39. The second-order valence-corrected chi connectivity index (χ2v) is 4.47. The summed E-state index contributed by atoms with van der Waals surface area (Å²) in [6, 6.07) is 0. The van der Waals surface area contributed by atoms with Crippen LogP contribution < -0.4 is 0 Å². The van der Waals surface area contributed by atoms with E-state index in [2.05, 4.69) is 5.10 Å². The molecule has 1 aliphatic rings. The van der Waals surface area contributed by atoms with Crippen LogP contribution in [0.15, 0.2) is 12.4 Å². The first-order chi connectivity index (χ1) is 7.12. The summed E-state index contributed by atoms with van der Waals surface area (Å²) >= 11 is 0. The standard InChI is InChI=1S/C11H18N2O2/c1-11(5-3-4-6-15-11)10(14)9-7-12-13(2)8-9/h7-8,10,14H,3-6H2,1-2H3. The fourth-order valence-electron chi connectivity index (χ4n) is 2.11. The number of rotatable bonds is 2. The molecule has 1 N–H and O–H groups in total. The van der Waals surface area contributed by atoms with Crippen molar-refractivity contribution in [3.8, 4) is 0 Å². The summed E-state index contributed by atoms with van der Waals surface area (Å²) in [4.78, 5) is 0. The van der Waals surface area contributed by atoms with Crippen LogP contribution >= 0.6 is 0 Å². The molecule has 84 valence electrons. The molecule has 15 heavy (non-hydrogen) atoms. The molecule has 1 aliphatic heterocycles. The van der Waals surface area contributed by atoms with E-state index in [0.717, 1.165) is 31.4 Å². The molecule has 1 aromatic heterocycles. The molecule has 0 aromatic carbocycles. The van der Waals surface area contributed by atoms with Gasteiger partial charge in [-0.05, 0) is 26.2 Å². The zero-order chi connectivity index (χ0) is 10.9. The summed E-state index contributed by atoms with van der Waals surface area (Å²) in [7, 11) is 1.85. The maximum Gasteiger partial charge on any atom is 0.111 e. The molecular weight excluding hydrogens is 192 g/mol. The fourth-order valence-corrected chi connectivity index (χ4v) is 2.11. The predicted octanol–water partition coefficient (Wildman–Crippen LogP) is 1.41. The smallest absolute Gasteiger partial charge is 0.111 e. The zero-order valence-corrected chi connectivity index (χ0v) is 9.31. The average molecular weight is 210 g/mol. The van der Waals surface area contributed by atoms with Crippen molar-refractivity contribution in [1.29, 1.82) is 0 Å². The molecule has 2 unspecified atom stereocenters. The van der Waals surface area contributed by atoms with Crippen molar-refractivity contribution in [3.63, 3.8) is 0 Å². The Kier molecular flexibility index (Phi) is 2.80. The third-order valence-electron chi connectivity index (χ3n) is 3.12. The normalized spacial score (nSPS) is 29.0. The third-order valence-corrected chi connectivity index (χ3v) is 3.12. The van der Waals surface area contributed by atoms with Crippen LogP contribution in [0.5, 0.6) is 0 Å². The average Bonchev–Trinajstić information content (AvgIpc) is 2.65. The van der Waals surface area contributed by atoms with Gasteiger partial charge in [-0.25, -0.2) is 0 Å². The molecule has 0 saturated carbocycles. The first-order valence-corrected chi connectivity index (χ1v) is 5.42. The van der Waals surface area contributed by atoms with Gasteiger partial charge in [-0.1, -0.05) is 0 Å². The van der Waals surface area contributed by atoms with Crippen molar-refractivity contribution in [2.24, 2.45) is 7.05 Å². The van der Waals surface area contributed by atoms with Crippen molar-refractivity contribution in [2.45, 2.75) is 37.9 Å². The van der Waals surface area contributed by atoms with Gasteiger partial charge in [0, 0.05) is 25.4 Å². The van der Waals surface area contributed by atoms with Gasteiger partial charge >= 0.3 is 0 Å². The molecule has 1 fully saturated rings. The quantitative estimate of drug-likeness (QED) is 0.803. The van der Waals surface area contributed by atoms with Crippen molar-refractivity contribution in [1.82, 2.24) is 9.78 Å². The van der Waals surface area contributed by atoms with Gasteiger partial charge in [-0.3, -0.25) is 4.68 Å². The zero-order valence-electron chi connectivity index (χ0n) is 9.31. The van der Waals surface area contributed by atoms with E-state index in [0.29, 0.717) is 0 Å². The summed E-state index contributed by atoms with van der Waals surface area (Å²) in [6.07, 6.45) is 6.08. The molecule has 2 atom stereocenters. The second-order valence-electron chi connectivity index (χ2n) is 4.47. The van der Waals surface area contributed by atoms with Gasteiger partial charge in [0.25, 0.3) is 0 Å². The number of nitrogens with zero attached hydrogens (tertiary/aromatic N) is 2. The van der Waals surface area contributed by atoms with Crippen LogP contribution in [0, 0.1) is 0 Å². The van der Waals surface area contributed by atoms with Crippen molar-refractivity contribution in [2.75, 3.05) is 6.61 Å². The Morgan fingerprint density at radius 2 is 2.40 bits per heavy atom. The molecule has 0 aliphatic carbocycles. The van der Waals surface area contributed by atoms with Crippen LogP contribution in [0.3, 0.4) is 0 Å². The maximum atomic E-state index is 10.2. The van der Waals surface area contributed by atoms with E-state index in [-0.39, 0.29) is 0 Å². The number of hydrogen-bond donors (Lipinski definition) is 1. The van der Waals surface area contributed by atoms with Gasteiger partial charge in [0.15, 0.2) is 0 Å². The first kappa shape index (κ1) is 10.6. The molecular formula is C11H18N2O2. The van der Waals surface area contributed by atoms with E-state index in [4.69, 9.17) is 4.74 Å². The van der Waals surface area contributed by atoms with E-state index in [1.807, 2.05) is 20.2 Å². The predicted molar refractivity (Wildman–Crippen MR) is 56.4 cm³/mol. The minimum atomic E-state index is -0.577. The highest BCUT2D eigenvalue weighted by molar-refractivity contribution is 5.13. The Balaban J connectivity index is 2.15. The molecule has 1 aromatic rings. The number of aromatic nitrogens is 2. The van der Waals surface area contributed by atoms with Crippen LogP contribution in [-0.2, 0) is 11.8 Å². The molecule has 0 amide bonds. The van der Waals surface area contributed by atoms with Gasteiger partial charge in [-0.2, -0.15) is 5.10 Å². The Morgan fingerprint density at radius 1 is 1.60 bits per heavy atom. The SMILES string of the molecule is Cn1cc(C(O)C2(C)CCCCO2)cn1. The van der Waals surface area contributed by atoms with Crippen LogP contribution in [0.1, 0.15) is 37.9 Å².